The highest BCUT2D eigenvalue weighted by atomic mass is 15.2. The van der Waals surface area contributed by atoms with Crippen LogP contribution in [0.4, 0.5) is 5.69 Å². The number of nitrogens with zero attached hydrogens (tertiary/aromatic N) is 1. The van der Waals surface area contributed by atoms with Crippen molar-refractivity contribution in [1.82, 2.24) is 5.32 Å². The largest absolute Gasteiger partial charge is 0.370 e. The van der Waals surface area contributed by atoms with E-state index < -0.39 is 0 Å². The van der Waals surface area contributed by atoms with Gasteiger partial charge in [0.15, 0.2) is 0 Å². The zero-order valence-electron chi connectivity index (χ0n) is 10.7. The van der Waals surface area contributed by atoms with E-state index in [1.807, 2.05) is 0 Å². The van der Waals surface area contributed by atoms with Gasteiger partial charge in [-0.1, -0.05) is 19.1 Å². The van der Waals surface area contributed by atoms with Crippen LogP contribution in [0, 0.1) is 0 Å². The van der Waals surface area contributed by atoms with Crippen LogP contribution in [0.5, 0.6) is 0 Å². The number of hydrogen-bond donors (Lipinski definition) is 1. The molecular weight excluding hydrogens is 208 g/mol. The lowest BCUT2D eigenvalue weighted by Gasteiger charge is -2.19. The van der Waals surface area contributed by atoms with E-state index >= 15 is 0 Å². The van der Waals surface area contributed by atoms with E-state index in [1.165, 1.54) is 43.6 Å². The van der Waals surface area contributed by atoms with Gasteiger partial charge in [-0.2, -0.15) is 0 Å². The average Bonchev–Trinajstić information content (AvgIpc) is 3.05. The van der Waals surface area contributed by atoms with Gasteiger partial charge in [0.1, 0.15) is 0 Å². The van der Waals surface area contributed by atoms with Crippen molar-refractivity contribution < 1.29 is 0 Å². The first-order valence-electron chi connectivity index (χ1n) is 6.95. The number of nitrogens with one attached hydrogen (secondary N) is 1. The van der Waals surface area contributed by atoms with E-state index in [0.717, 1.165) is 12.5 Å². The molecule has 92 valence electrons. The van der Waals surface area contributed by atoms with Crippen molar-refractivity contribution in [3.05, 3.63) is 29.8 Å². The standard InChI is InChI=1S/C15H22N2/c1-2-12-4-3-5-15(10-12)17-9-8-14(11-17)16-13-6-7-13/h3-5,10,13-14,16H,2,6-9,11H2,1H3. The predicted octanol–water partition coefficient (Wildman–Crippen LogP) is 2.58. The first kappa shape index (κ1) is 11.1. The summed E-state index contributed by atoms with van der Waals surface area (Å²) < 4.78 is 0. The van der Waals surface area contributed by atoms with Crippen molar-refractivity contribution >= 4 is 5.69 Å². The predicted molar refractivity (Wildman–Crippen MR) is 72.6 cm³/mol. The molecule has 2 heteroatoms. The van der Waals surface area contributed by atoms with Crippen LogP contribution in [0.25, 0.3) is 0 Å². The molecule has 3 rings (SSSR count). The molecule has 2 aliphatic rings. The maximum absolute atomic E-state index is 3.74. The summed E-state index contributed by atoms with van der Waals surface area (Å²) in [6.45, 7) is 4.61. The second-order valence-electron chi connectivity index (χ2n) is 5.40. The van der Waals surface area contributed by atoms with Gasteiger partial charge < -0.3 is 10.2 Å². The number of aryl methyl sites for hydroxylation is 1. The first-order valence-corrected chi connectivity index (χ1v) is 6.95. The minimum atomic E-state index is 0.716. The quantitative estimate of drug-likeness (QED) is 0.855. The molecule has 1 N–H and O–H groups in total. The zero-order valence-corrected chi connectivity index (χ0v) is 10.7. The van der Waals surface area contributed by atoms with Crippen molar-refractivity contribution in [2.45, 2.75) is 44.7 Å². The molecule has 0 spiro atoms. The second-order valence-corrected chi connectivity index (χ2v) is 5.40. The molecule has 1 heterocycles. The molecule has 0 bridgehead atoms. The van der Waals surface area contributed by atoms with E-state index in [0.29, 0.717) is 6.04 Å². The van der Waals surface area contributed by atoms with Gasteiger partial charge in [-0.05, 0) is 43.4 Å². The third kappa shape index (κ3) is 2.63. The van der Waals surface area contributed by atoms with Gasteiger partial charge in [-0.15, -0.1) is 0 Å². The monoisotopic (exact) mass is 230 g/mol. The summed E-state index contributed by atoms with van der Waals surface area (Å²) >= 11 is 0. The minimum Gasteiger partial charge on any atom is -0.370 e. The van der Waals surface area contributed by atoms with E-state index in [9.17, 15) is 0 Å². The lowest BCUT2D eigenvalue weighted by molar-refractivity contribution is 0.548. The van der Waals surface area contributed by atoms with Crippen LogP contribution in [0.2, 0.25) is 0 Å². The fourth-order valence-corrected chi connectivity index (χ4v) is 2.69. The Kier molecular flexibility index (Phi) is 3.06. The van der Waals surface area contributed by atoms with Gasteiger partial charge in [0.05, 0.1) is 0 Å². The molecule has 1 unspecified atom stereocenters. The third-order valence-electron chi connectivity index (χ3n) is 3.92. The summed E-state index contributed by atoms with van der Waals surface area (Å²) in [6, 6.07) is 10.6. The molecule has 0 radical (unpaired) electrons. The van der Waals surface area contributed by atoms with E-state index in [1.54, 1.807) is 0 Å². The molecule has 1 aliphatic carbocycles. The second kappa shape index (κ2) is 4.69. The molecule has 0 aromatic heterocycles. The van der Waals surface area contributed by atoms with Gasteiger partial charge in [0.2, 0.25) is 0 Å². The number of hydrogen-bond acceptors (Lipinski definition) is 2. The van der Waals surface area contributed by atoms with Crippen LogP contribution in [0.15, 0.2) is 24.3 Å². The Labute approximate surface area is 104 Å². The summed E-state index contributed by atoms with van der Waals surface area (Å²) in [5.74, 6) is 0. The molecule has 2 fully saturated rings. The molecule has 1 aromatic rings. The summed E-state index contributed by atoms with van der Waals surface area (Å²) in [4.78, 5) is 2.53. The lowest BCUT2D eigenvalue weighted by atomic mass is 10.1. The summed E-state index contributed by atoms with van der Waals surface area (Å²) in [6.07, 6.45) is 5.21. The number of rotatable bonds is 4. The Bertz CT molecular complexity index is 384. The molecule has 1 saturated carbocycles. The number of anilines is 1. The highest BCUT2D eigenvalue weighted by molar-refractivity contribution is 5.49. The molecule has 1 aliphatic heterocycles. The lowest BCUT2D eigenvalue weighted by Crippen LogP contribution is -2.33. The van der Waals surface area contributed by atoms with Crippen LogP contribution in [0.1, 0.15) is 31.7 Å². The maximum Gasteiger partial charge on any atom is 0.0369 e. The Balaban J connectivity index is 1.63. The molecule has 1 atom stereocenters. The third-order valence-corrected chi connectivity index (χ3v) is 3.92. The van der Waals surface area contributed by atoms with E-state index in [-0.39, 0.29) is 0 Å². The molecule has 0 amide bonds. The highest BCUT2D eigenvalue weighted by Gasteiger charge is 2.29. The smallest absolute Gasteiger partial charge is 0.0369 e. The normalized spacial score (nSPS) is 24.3. The SMILES string of the molecule is CCc1cccc(N2CCC(NC3CC3)C2)c1. The van der Waals surface area contributed by atoms with Crippen molar-refractivity contribution in [3.63, 3.8) is 0 Å². The van der Waals surface area contributed by atoms with Gasteiger partial charge in [0.25, 0.3) is 0 Å². The van der Waals surface area contributed by atoms with Crippen LogP contribution < -0.4 is 10.2 Å². The minimum absolute atomic E-state index is 0.716. The molecule has 1 aromatic carbocycles. The highest BCUT2D eigenvalue weighted by Crippen LogP contribution is 2.25. The molecular formula is C15H22N2. The zero-order chi connectivity index (χ0) is 11.7. The van der Waals surface area contributed by atoms with E-state index in [2.05, 4.69) is 41.4 Å². The van der Waals surface area contributed by atoms with Crippen molar-refractivity contribution in [2.24, 2.45) is 0 Å². The van der Waals surface area contributed by atoms with Gasteiger partial charge >= 0.3 is 0 Å². The first-order chi connectivity index (χ1) is 8.35. The molecule has 1 saturated heterocycles. The Morgan fingerprint density at radius 3 is 2.88 bits per heavy atom. The Morgan fingerprint density at radius 1 is 1.24 bits per heavy atom. The van der Waals surface area contributed by atoms with Crippen molar-refractivity contribution in [3.8, 4) is 0 Å². The van der Waals surface area contributed by atoms with Crippen LogP contribution in [0.3, 0.4) is 0 Å². The van der Waals surface area contributed by atoms with Crippen LogP contribution in [-0.2, 0) is 6.42 Å². The number of benzene rings is 1. The molecule has 17 heavy (non-hydrogen) atoms. The summed E-state index contributed by atoms with van der Waals surface area (Å²) in [7, 11) is 0. The van der Waals surface area contributed by atoms with Crippen LogP contribution in [-0.4, -0.2) is 25.2 Å². The van der Waals surface area contributed by atoms with Gasteiger partial charge in [-0.3, -0.25) is 0 Å². The summed E-state index contributed by atoms with van der Waals surface area (Å²) in [5, 5.41) is 3.74. The average molecular weight is 230 g/mol. The van der Waals surface area contributed by atoms with E-state index in [4.69, 9.17) is 0 Å². The van der Waals surface area contributed by atoms with Gasteiger partial charge in [0, 0.05) is 30.9 Å². The summed E-state index contributed by atoms with van der Waals surface area (Å²) in [5.41, 5.74) is 2.85. The van der Waals surface area contributed by atoms with Crippen molar-refractivity contribution in [1.29, 1.82) is 0 Å². The maximum atomic E-state index is 3.74. The van der Waals surface area contributed by atoms with Gasteiger partial charge in [-0.25, -0.2) is 0 Å². The fourth-order valence-electron chi connectivity index (χ4n) is 2.69. The molecule has 2 nitrogen and oxygen atoms in total. The Hall–Kier alpha value is -1.02. The Morgan fingerprint density at radius 2 is 2.12 bits per heavy atom. The topological polar surface area (TPSA) is 15.3 Å². The van der Waals surface area contributed by atoms with Crippen molar-refractivity contribution in [2.75, 3.05) is 18.0 Å². The fraction of sp³-hybridized carbons (Fsp3) is 0.600. The van der Waals surface area contributed by atoms with Crippen LogP contribution >= 0.6 is 0 Å².